The van der Waals surface area contributed by atoms with Gasteiger partial charge in [-0.15, -0.1) is 0 Å². The number of rotatable bonds is 10. The van der Waals surface area contributed by atoms with Crippen molar-refractivity contribution in [3.8, 4) is 11.8 Å². The van der Waals surface area contributed by atoms with Crippen LogP contribution in [0.25, 0.3) is 5.08 Å². The van der Waals surface area contributed by atoms with Gasteiger partial charge in [0.2, 0.25) is 5.91 Å². The molecule has 0 saturated carbocycles. The summed E-state index contributed by atoms with van der Waals surface area (Å²) in [7, 11) is 0. The molecule has 6 N–H and O–H groups in total. The third-order valence-electron chi connectivity index (χ3n) is 5.45. The zero-order valence-electron chi connectivity index (χ0n) is 21.0. The van der Waals surface area contributed by atoms with E-state index in [9.17, 15) is 14.4 Å². The molecule has 0 aliphatic heterocycles. The summed E-state index contributed by atoms with van der Waals surface area (Å²) in [6.07, 6.45) is 3.43. The number of nitrogens with one attached hydrogen (secondary N) is 5. The molecule has 198 valence electrons. The Morgan fingerprint density at radius 3 is 2.28 bits per heavy atom. The molecule has 3 amide bonds. The number of hydrogen-bond donors (Lipinski definition) is 6. The van der Waals surface area contributed by atoms with Crippen molar-refractivity contribution >= 4 is 23.4 Å². The van der Waals surface area contributed by atoms with E-state index in [-0.39, 0.29) is 18.0 Å². The van der Waals surface area contributed by atoms with Gasteiger partial charge in [0.1, 0.15) is 12.1 Å². The van der Waals surface area contributed by atoms with E-state index in [1.165, 1.54) is 12.4 Å². The van der Waals surface area contributed by atoms with Crippen molar-refractivity contribution in [1.82, 2.24) is 26.5 Å². The van der Waals surface area contributed by atoms with E-state index in [2.05, 4.69) is 43.3 Å². The summed E-state index contributed by atoms with van der Waals surface area (Å²) in [5.74, 6) is 4.41. The standard InChI is InChI=1S/C27H26N8O4/c1-18(33-35-28)25(27(38)34-39)32-26(37)22-10-6-19(7-11-22)4-5-20-8-12-23(13-9-20)31-24(36)17-30-16-21-3-2-14-29-15-21/h2-3,6-15,18,25,30,33H,16-17H2,1H3,(H3-,31,32,34,36,37,38,39)/p+1/t18-,25+/m1/s1. The number of anilines is 1. The second-order valence-electron chi connectivity index (χ2n) is 8.36. The van der Waals surface area contributed by atoms with Crippen LogP contribution >= 0.6 is 0 Å². The molecule has 0 spiro atoms. The lowest BCUT2D eigenvalue weighted by molar-refractivity contribution is -0.131. The van der Waals surface area contributed by atoms with Gasteiger partial charge in [0.25, 0.3) is 17.2 Å². The Balaban J connectivity index is 1.52. The molecule has 3 aromatic rings. The molecule has 0 bridgehead atoms. The van der Waals surface area contributed by atoms with Gasteiger partial charge in [0, 0.05) is 41.3 Å². The van der Waals surface area contributed by atoms with E-state index in [1.807, 2.05) is 12.1 Å². The zero-order chi connectivity index (χ0) is 28.0. The molecule has 39 heavy (non-hydrogen) atoms. The highest BCUT2D eigenvalue weighted by Crippen LogP contribution is 2.10. The predicted octanol–water partition coefficient (Wildman–Crippen LogP) is 1.56. The van der Waals surface area contributed by atoms with E-state index in [1.54, 1.807) is 60.9 Å². The van der Waals surface area contributed by atoms with Gasteiger partial charge in [-0.1, -0.05) is 17.9 Å². The summed E-state index contributed by atoms with van der Waals surface area (Å²) in [6, 6.07) is 15.3. The van der Waals surface area contributed by atoms with Crippen LogP contribution in [0.1, 0.15) is 34.0 Å². The quantitative estimate of drug-likeness (QED) is 0.0997. The van der Waals surface area contributed by atoms with Crippen LogP contribution < -0.4 is 26.9 Å². The molecule has 1 aromatic heterocycles. The molecule has 12 heteroatoms. The molecular weight excluding hydrogens is 500 g/mol. The van der Waals surface area contributed by atoms with Crippen molar-refractivity contribution in [2.24, 2.45) is 0 Å². The van der Waals surface area contributed by atoms with Crippen molar-refractivity contribution in [3.05, 3.63) is 100 Å². The molecule has 2 aromatic carbocycles. The SMILES string of the molecule is C[C@@H](N[N+]#N)[C@H](NC(=O)c1ccc(C#Cc2ccc(NC(=O)CNCc3cccnc3)cc2)cc1)C(=O)NO. The van der Waals surface area contributed by atoms with Gasteiger partial charge in [0.05, 0.1) is 6.54 Å². The molecule has 0 unspecified atom stereocenters. The first-order valence-electron chi connectivity index (χ1n) is 11.9. The van der Waals surface area contributed by atoms with Crippen LogP contribution in [0.15, 0.2) is 73.1 Å². The van der Waals surface area contributed by atoms with Gasteiger partial charge in [0.15, 0.2) is 0 Å². The maximum atomic E-state index is 12.5. The fourth-order valence-corrected chi connectivity index (χ4v) is 3.39. The van der Waals surface area contributed by atoms with Crippen molar-refractivity contribution < 1.29 is 19.6 Å². The van der Waals surface area contributed by atoms with Crippen LogP contribution in [-0.4, -0.2) is 46.5 Å². The Morgan fingerprint density at radius 2 is 1.69 bits per heavy atom. The lowest BCUT2D eigenvalue weighted by atomic mass is 10.1. The molecular formula is C27H27N8O4+. The average Bonchev–Trinajstić information content (AvgIpc) is 2.96. The number of pyridine rings is 1. The lowest BCUT2D eigenvalue weighted by Crippen LogP contribution is -2.55. The van der Waals surface area contributed by atoms with Gasteiger partial charge < -0.3 is 16.0 Å². The van der Waals surface area contributed by atoms with Crippen molar-refractivity contribution in [3.63, 3.8) is 0 Å². The minimum Gasteiger partial charge on any atom is -0.338 e. The van der Waals surface area contributed by atoms with Gasteiger partial charge >= 0.3 is 5.08 Å². The van der Waals surface area contributed by atoms with Crippen LogP contribution in [0, 0.1) is 17.2 Å². The summed E-state index contributed by atoms with van der Waals surface area (Å²) < 4.78 is 0. The fraction of sp³-hybridized carbons (Fsp3) is 0.185. The molecule has 0 aliphatic rings. The predicted molar refractivity (Wildman–Crippen MR) is 142 cm³/mol. The fourth-order valence-electron chi connectivity index (χ4n) is 3.39. The van der Waals surface area contributed by atoms with Crippen molar-refractivity contribution in [2.45, 2.75) is 25.6 Å². The number of aromatic nitrogens is 1. The van der Waals surface area contributed by atoms with Crippen LogP contribution in [-0.2, 0) is 16.1 Å². The maximum absolute atomic E-state index is 12.5. The molecule has 3 rings (SSSR count). The molecule has 0 aliphatic carbocycles. The molecule has 12 nitrogen and oxygen atoms in total. The van der Waals surface area contributed by atoms with Crippen LogP contribution in [0.2, 0.25) is 0 Å². The normalized spacial score (nSPS) is 11.5. The molecule has 0 fully saturated rings. The first kappa shape index (κ1) is 28.3. The molecule has 1 heterocycles. The highest BCUT2D eigenvalue weighted by Gasteiger charge is 2.30. The summed E-state index contributed by atoms with van der Waals surface area (Å²) in [5.41, 5.74) is 6.99. The van der Waals surface area contributed by atoms with Gasteiger partial charge in [-0.3, -0.25) is 24.6 Å². The first-order valence-corrected chi connectivity index (χ1v) is 11.9. The summed E-state index contributed by atoms with van der Waals surface area (Å²) in [5, 5.41) is 28.6. The highest BCUT2D eigenvalue weighted by molar-refractivity contribution is 5.97. The zero-order valence-corrected chi connectivity index (χ0v) is 21.0. The number of benzene rings is 2. The number of nitrogens with zero attached hydrogens (tertiary/aromatic N) is 3. The third kappa shape index (κ3) is 8.94. The topological polar surface area (TPSA) is 173 Å². The number of hydroxylamine groups is 1. The Hall–Kier alpha value is -5.30. The monoisotopic (exact) mass is 527 g/mol. The van der Waals surface area contributed by atoms with Crippen molar-refractivity contribution in [1.29, 1.82) is 5.39 Å². The smallest absolute Gasteiger partial charge is 0.303 e. The van der Waals surface area contributed by atoms with Crippen molar-refractivity contribution in [2.75, 3.05) is 11.9 Å². The van der Waals surface area contributed by atoms with E-state index < -0.39 is 23.9 Å². The minimum absolute atomic E-state index is 0.161. The van der Waals surface area contributed by atoms with E-state index in [4.69, 9.17) is 10.6 Å². The number of hydrogen-bond acceptors (Lipinski definition) is 8. The van der Waals surface area contributed by atoms with Crippen LogP contribution in [0.3, 0.4) is 0 Å². The number of carbonyl (C=O) groups excluding carboxylic acids is 3. The lowest BCUT2D eigenvalue weighted by Gasteiger charge is -2.18. The second-order valence-corrected chi connectivity index (χ2v) is 8.36. The Labute approximate surface area is 224 Å². The van der Waals surface area contributed by atoms with Crippen LogP contribution in [0.4, 0.5) is 5.69 Å². The highest BCUT2D eigenvalue weighted by atomic mass is 16.5. The average molecular weight is 528 g/mol. The second kappa shape index (κ2) is 14.4. The Kier molecular flexibility index (Phi) is 10.5. The van der Waals surface area contributed by atoms with E-state index >= 15 is 0 Å². The van der Waals surface area contributed by atoms with Gasteiger partial charge in [-0.05, 0) is 72.5 Å². The van der Waals surface area contributed by atoms with E-state index in [0.717, 1.165) is 11.1 Å². The number of amides is 3. The van der Waals surface area contributed by atoms with E-state index in [0.29, 0.717) is 17.8 Å². The number of diazo groups is 1. The first-order chi connectivity index (χ1) is 18.9. The van der Waals surface area contributed by atoms with Gasteiger partial charge in [-0.2, -0.15) is 0 Å². The summed E-state index contributed by atoms with van der Waals surface area (Å²) in [6.45, 7) is 2.19. The molecule has 0 saturated heterocycles. The Morgan fingerprint density at radius 1 is 1.03 bits per heavy atom. The summed E-state index contributed by atoms with van der Waals surface area (Å²) >= 11 is 0. The number of carbonyl (C=O) groups is 3. The largest absolute Gasteiger partial charge is 0.338 e. The minimum atomic E-state index is -1.20. The Bertz CT molecular complexity index is 1380. The maximum Gasteiger partial charge on any atom is 0.303 e. The third-order valence-corrected chi connectivity index (χ3v) is 5.45. The molecule has 2 atom stereocenters. The van der Waals surface area contributed by atoms with Gasteiger partial charge in [-0.25, -0.2) is 5.48 Å². The summed E-state index contributed by atoms with van der Waals surface area (Å²) in [4.78, 5) is 40.6. The van der Waals surface area contributed by atoms with Crippen LogP contribution in [0.5, 0.6) is 0 Å². The molecule has 0 radical (unpaired) electrons.